The molecule has 1 fully saturated rings. The van der Waals surface area contributed by atoms with Crippen LogP contribution >= 0.6 is 0 Å². The van der Waals surface area contributed by atoms with Gasteiger partial charge in [-0.2, -0.15) is 0 Å². The molecule has 1 N–H and O–H groups in total. The zero-order valence-electron chi connectivity index (χ0n) is 9.61. The lowest BCUT2D eigenvalue weighted by Gasteiger charge is -2.23. The number of hydrogen-bond donors (Lipinski definition) is 1. The molecule has 0 spiro atoms. The van der Waals surface area contributed by atoms with Crippen molar-refractivity contribution in [2.24, 2.45) is 0 Å². The first-order chi connectivity index (χ1) is 7.88. The zero-order chi connectivity index (χ0) is 11.2. The Hall–Kier alpha value is -1.29. The molecule has 1 aromatic rings. The molecule has 2 heterocycles. The maximum atomic E-state index is 5.31. The van der Waals surface area contributed by atoms with Gasteiger partial charge in [-0.3, -0.25) is 0 Å². The minimum absolute atomic E-state index is 0.508. The summed E-state index contributed by atoms with van der Waals surface area (Å²) in [6.45, 7) is 4.31. The standard InChI is InChI=1S/C12H18N2O2/c1-2-16-12-4-3-11(9-13-12)14-10-5-7-15-8-6-10/h3-4,9-10,14H,2,5-8H2,1H3. The van der Waals surface area contributed by atoms with E-state index in [2.05, 4.69) is 10.3 Å². The first-order valence-corrected chi connectivity index (χ1v) is 5.81. The first-order valence-electron chi connectivity index (χ1n) is 5.81. The number of nitrogens with zero attached hydrogens (tertiary/aromatic N) is 1. The van der Waals surface area contributed by atoms with Crippen LogP contribution in [0.4, 0.5) is 5.69 Å². The second-order valence-corrected chi connectivity index (χ2v) is 3.85. The first kappa shape index (κ1) is 11.2. The monoisotopic (exact) mass is 222 g/mol. The minimum Gasteiger partial charge on any atom is -0.478 e. The number of nitrogens with one attached hydrogen (secondary N) is 1. The van der Waals surface area contributed by atoms with Gasteiger partial charge in [0.2, 0.25) is 5.88 Å². The van der Waals surface area contributed by atoms with Crippen molar-refractivity contribution < 1.29 is 9.47 Å². The third kappa shape index (κ3) is 3.10. The predicted octanol–water partition coefficient (Wildman–Crippen LogP) is 2.07. The number of ether oxygens (including phenoxy) is 2. The van der Waals surface area contributed by atoms with Gasteiger partial charge in [0.25, 0.3) is 0 Å². The lowest BCUT2D eigenvalue weighted by atomic mass is 10.1. The Labute approximate surface area is 96.0 Å². The molecule has 1 saturated heterocycles. The second kappa shape index (κ2) is 5.70. The van der Waals surface area contributed by atoms with Crippen LogP contribution in [0.15, 0.2) is 18.3 Å². The highest BCUT2D eigenvalue weighted by Crippen LogP contribution is 2.16. The molecule has 1 aliphatic rings. The molecule has 1 aliphatic heterocycles. The summed E-state index contributed by atoms with van der Waals surface area (Å²) in [5.74, 6) is 0.681. The molecule has 88 valence electrons. The van der Waals surface area contributed by atoms with E-state index in [1.165, 1.54) is 0 Å². The maximum Gasteiger partial charge on any atom is 0.213 e. The van der Waals surface area contributed by atoms with E-state index in [4.69, 9.17) is 9.47 Å². The smallest absolute Gasteiger partial charge is 0.213 e. The van der Waals surface area contributed by atoms with E-state index in [0.29, 0.717) is 18.5 Å². The van der Waals surface area contributed by atoms with Crippen molar-refractivity contribution in [1.29, 1.82) is 0 Å². The molecule has 0 aliphatic carbocycles. The van der Waals surface area contributed by atoms with Crippen molar-refractivity contribution in [2.75, 3.05) is 25.1 Å². The summed E-state index contributed by atoms with van der Waals surface area (Å²) < 4.78 is 10.6. The van der Waals surface area contributed by atoms with Gasteiger partial charge in [0.05, 0.1) is 18.5 Å². The van der Waals surface area contributed by atoms with Gasteiger partial charge < -0.3 is 14.8 Å². The van der Waals surface area contributed by atoms with E-state index in [1.54, 1.807) is 0 Å². The van der Waals surface area contributed by atoms with E-state index >= 15 is 0 Å². The van der Waals surface area contributed by atoms with Gasteiger partial charge in [0, 0.05) is 25.3 Å². The van der Waals surface area contributed by atoms with E-state index in [9.17, 15) is 0 Å². The third-order valence-corrected chi connectivity index (χ3v) is 2.62. The number of rotatable bonds is 4. The van der Waals surface area contributed by atoms with Crippen LogP contribution in [0.25, 0.3) is 0 Å². The van der Waals surface area contributed by atoms with Crippen LogP contribution in [0.2, 0.25) is 0 Å². The van der Waals surface area contributed by atoms with Crippen molar-refractivity contribution in [3.8, 4) is 5.88 Å². The Morgan fingerprint density at radius 2 is 2.25 bits per heavy atom. The summed E-state index contributed by atoms with van der Waals surface area (Å²) in [5.41, 5.74) is 1.05. The molecule has 0 atom stereocenters. The van der Waals surface area contributed by atoms with Gasteiger partial charge in [0.15, 0.2) is 0 Å². The minimum atomic E-state index is 0.508. The fourth-order valence-electron chi connectivity index (χ4n) is 1.78. The Balaban J connectivity index is 1.88. The van der Waals surface area contributed by atoms with Gasteiger partial charge in [-0.25, -0.2) is 4.98 Å². The highest BCUT2D eigenvalue weighted by Gasteiger charge is 2.13. The highest BCUT2D eigenvalue weighted by atomic mass is 16.5. The second-order valence-electron chi connectivity index (χ2n) is 3.85. The lowest BCUT2D eigenvalue weighted by molar-refractivity contribution is 0.0904. The molecule has 1 aromatic heterocycles. The number of hydrogen-bond acceptors (Lipinski definition) is 4. The van der Waals surface area contributed by atoms with Crippen molar-refractivity contribution >= 4 is 5.69 Å². The largest absolute Gasteiger partial charge is 0.478 e. The van der Waals surface area contributed by atoms with E-state index in [0.717, 1.165) is 31.7 Å². The number of pyridine rings is 1. The van der Waals surface area contributed by atoms with Gasteiger partial charge in [-0.1, -0.05) is 0 Å². The number of anilines is 1. The molecule has 0 radical (unpaired) electrons. The van der Waals surface area contributed by atoms with Gasteiger partial charge in [0.1, 0.15) is 0 Å². The summed E-state index contributed by atoms with van der Waals surface area (Å²) in [6, 6.07) is 4.41. The van der Waals surface area contributed by atoms with Crippen molar-refractivity contribution in [1.82, 2.24) is 4.98 Å². The normalized spacial score (nSPS) is 17.1. The molecular weight excluding hydrogens is 204 g/mol. The Bertz CT molecular complexity index is 307. The predicted molar refractivity (Wildman–Crippen MR) is 62.9 cm³/mol. The fraction of sp³-hybridized carbons (Fsp3) is 0.583. The molecule has 0 saturated carbocycles. The summed E-state index contributed by atoms with van der Waals surface area (Å²) in [6.07, 6.45) is 3.95. The average molecular weight is 222 g/mol. The summed E-state index contributed by atoms with van der Waals surface area (Å²) >= 11 is 0. The van der Waals surface area contributed by atoms with Crippen LogP contribution in [-0.2, 0) is 4.74 Å². The van der Waals surface area contributed by atoms with Crippen molar-refractivity contribution in [3.63, 3.8) is 0 Å². The summed E-state index contributed by atoms with van der Waals surface area (Å²) in [5, 5.41) is 3.45. The molecule has 2 rings (SSSR count). The van der Waals surface area contributed by atoms with Gasteiger partial charge in [-0.15, -0.1) is 0 Å². The van der Waals surface area contributed by atoms with Crippen LogP contribution in [0.5, 0.6) is 5.88 Å². The van der Waals surface area contributed by atoms with E-state index < -0.39 is 0 Å². The molecule has 4 heteroatoms. The molecule has 0 amide bonds. The lowest BCUT2D eigenvalue weighted by Crippen LogP contribution is -2.27. The topological polar surface area (TPSA) is 43.4 Å². The molecular formula is C12H18N2O2. The fourth-order valence-corrected chi connectivity index (χ4v) is 1.78. The molecule has 0 unspecified atom stereocenters. The van der Waals surface area contributed by atoms with Crippen LogP contribution in [0.3, 0.4) is 0 Å². The molecule has 16 heavy (non-hydrogen) atoms. The van der Waals surface area contributed by atoms with Gasteiger partial charge in [-0.05, 0) is 25.8 Å². The molecule has 0 bridgehead atoms. The van der Waals surface area contributed by atoms with Crippen LogP contribution in [0, 0.1) is 0 Å². The van der Waals surface area contributed by atoms with Crippen LogP contribution in [0.1, 0.15) is 19.8 Å². The van der Waals surface area contributed by atoms with E-state index in [-0.39, 0.29) is 0 Å². The maximum absolute atomic E-state index is 5.31. The third-order valence-electron chi connectivity index (χ3n) is 2.62. The van der Waals surface area contributed by atoms with Crippen LogP contribution in [-0.4, -0.2) is 30.8 Å². The Morgan fingerprint density at radius 1 is 1.44 bits per heavy atom. The summed E-state index contributed by atoms with van der Waals surface area (Å²) in [4.78, 5) is 4.22. The van der Waals surface area contributed by atoms with Crippen molar-refractivity contribution in [3.05, 3.63) is 18.3 Å². The van der Waals surface area contributed by atoms with Crippen LogP contribution < -0.4 is 10.1 Å². The Kier molecular flexibility index (Phi) is 3.99. The van der Waals surface area contributed by atoms with Gasteiger partial charge >= 0.3 is 0 Å². The SMILES string of the molecule is CCOc1ccc(NC2CCOCC2)cn1. The highest BCUT2D eigenvalue weighted by molar-refractivity contribution is 5.43. The number of aromatic nitrogens is 1. The van der Waals surface area contributed by atoms with Crippen molar-refractivity contribution in [2.45, 2.75) is 25.8 Å². The Morgan fingerprint density at radius 3 is 2.88 bits per heavy atom. The van der Waals surface area contributed by atoms with E-state index in [1.807, 2.05) is 25.3 Å². The zero-order valence-corrected chi connectivity index (χ0v) is 9.61. The summed E-state index contributed by atoms with van der Waals surface area (Å²) in [7, 11) is 0. The quantitative estimate of drug-likeness (QED) is 0.847. The average Bonchev–Trinajstić information content (AvgIpc) is 2.33. The molecule has 0 aromatic carbocycles. The molecule has 4 nitrogen and oxygen atoms in total.